The second-order valence-corrected chi connectivity index (χ2v) is 6.78. The minimum atomic E-state index is -3.54. The van der Waals surface area contributed by atoms with Crippen LogP contribution >= 0.6 is 0 Å². The van der Waals surface area contributed by atoms with Crippen molar-refractivity contribution in [3.63, 3.8) is 0 Å². The topological polar surface area (TPSA) is 87.3 Å². The maximum atomic E-state index is 12.7. The summed E-state index contributed by atoms with van der Waals surface area (Å²) < 4.78 is 32.4. The summed E-state index contributed by atoms with van der Waals surface area (Å²) >= 11 is 0. The molecule has 0 amide bonds. The van der Waals surface area contributed by atoms with Crippen molar-refractivity contribution in [3.8, 4) is 0 Å². The second kappa shape index (κ2) is 6.66. The molecule has 1 unspecified atom stereocenters. The van der Waals surface area contributed by atoms with E-state index < -0.39 is 10.0 Å². The second-order valence-electron chi connectivity index (χ2n) is 4.90. The lowest BCUT2D eigenvalue weighted by atomic mass is 10.3. The highest BCUT2D eigenvalue weighted by molar-refractivity contribution is 7.89. The summed E-state index contributed by atoms with van der Waals surface area (Å²) in [5, 5.41) is 9.81. The SMILES string of the molecule is CCNCc1cn[nH]c1S(=O)(=O)N1CCCOC(C)C1. The first kappa shape index (κ1) is 15.4. The van der Waals surface area contributed by atoms with Crippen LogP contribution in [0.15, 0.2) is 11.2 Å². The number of ether oxygens (including phenoxy) is 1. The molecule has 7 nitrogen and oxygen atoms in total. The third-order valence-electron chi connectivity index (χ3n) is 3.26. The Labute approximate surface area is 119 Å². The molecule has 2 rings (SSSR count). The maximum Gasteiger partial charge on any atom is 0.260 e. The van der Waals surface area contributed by atoms with Gasteiger partial charge in [0.05, 0.1) is 12.3 Å². The zero-order chi connectivity index (χ0) is 14.6. The Hall–Kier alpha value is -0.960. The van der Waals surface area contributed by atoms with Gasteiger partial charge in [0.25, 0.3) is 10.0 Å². The van der Waals surface area contributed by atoms with Crippen LogP contribution in [0.1, 0.15) is 25.8 Å². The Morgan fingerprint density at radius 1 is 1.60 bits per heavy atom. The molecule has 0 bridgehead atoms. The van der Waals surface area contributed by atoms with E-state index in [0.717, 1.165) is 6.54 Å². The highest BCUT2D eigenvalue weighted by atomic mass is 32.2. The molecule has 20 heavy (non-hydrogen) atoms. The number of hydrogen-bond acceptors (Lipinski definition) is 5. The van der Waals surface area contributed by atoms with E-state index in [2.05, 4.69) is 15.5 Å². The Kier molecular flexibility index (Phi) is 5.14. The Bertz CT molecular complexity index is 529. The van der Waals surface area contributed by atoms with E-state index in [0.29, 0.717) is 38.2 Å². The molecule has 0 spiro atoms. The van der Waals surface area contributed by atoms with Crippen LogP contribution in [0, 0.1) is 0 Å². The van der Waals surface area contributed by atoms with Crippen molar-refractivity contribution in [2.45, 2.75) is 37.9 Å². The average molecular weight is 302 g/mol. The van der Waals surface area contributed by atoms with Gasteiger partial charge < -0.3 is 10.1 Å². The smallest absolute Gasteiger partial charge is 0.260 e. The summed E-state index contributed by atoms with van der Waals surface area (Å²) in [7, 11) is -3.54. The van der Waals surface area contributed by atoms with Gasteiger partial charge in [0.1, 0.15) is 0 Å². The van der Waals surface area contributed by atoms with E-state index in [-0.39, 0.29) is 11.1 Å². The van der Waals surface area contributed by atoms with Gasteiger partial charge in [-0.1, -0.05) is 6.92 Å². The minimum Gasteiger partial charge on any atom is -0.377 e. The van der Waals surface area contributed by atoms with E-state index >= 15 is 0 Å². The van der Waals surface area contributed by atoms with Gasteiger partial charge in [0, 0.05) is 31.8 Å². The molecular formula is C12H22N4O3S. The quantitative estimate of drug-likeness (QED) is 0.818. The number of nitrogens with zero attached hydrogens (tertiary/aromatic N) is 2. The fourth-order valence-electron chi connectivity index (χ4n) is 2.21. The van der Waals surface area contributed by atoms with Crippen LogP contribution in [0.5, 0.6) is 0 Å². The third kappa shape index (κ3) is 3.38. The lowest BCUT2D eigenvalue weighted by molar-refractivity contribution is 0.0751. The molecule has 2 N–H and O–H groups in total. The molecular weight excluding hydrogens is 280 g/mol. The molecule has 114 valence electrons. The summed E-state index contributed by atoms with van der Waals surface area (Å²) in [5.74, 6) is 0. The summed E-state index contributed by atoms with van der Waals surface area (Å²) in [5.41, 5.74) is 0.671. The van der Waals surface area contributed by atoms with Crippen LogP contribution < -0.4 is 5.32 Å². The molecule has 1 aromatic heterocycles. The van der Waals surface area contributed by atoms with Gasteiger partial charge in [-0.2, -0.15) is 9.40 Å². The average Bonchev–Trinajstić information content (AvgIpc) is 2.78. The molecule has 0 aromatic carbocycles. The molecule has 1 saturated heterocycles. The predicted octanol–water partition coefficient (Wildman–Crippen LogP) is 0.319. The fourth-order valence-corrected chi connectivity index (χ4v) is 3.87. The third-order valence-corrected chi connectivity index (χ3v) is 5.14. The van der Waals surface area contributed by atoms with Crippen molar-refractivity contribution in [2.24, 2.45) is 0 Å². The van der Waals surface area contributed by atoms with Gasteiger partial charge >= 0.3 is 0 Å². The fraction of sp³-hybridized carbons (Fsp3) is 0.750. The standard InChI is InChI=1S/C12H22N4O3S/c1-3-13-7-11-8-14-15-12(11)20(17,18)16-5-4-6-19-10(2)9-16/h8,10,13H,3-7,9H2,1-2H3,(H,14,15). The van der Waals surface area contributed by atoms with E-state index in [1.54, 1.807) is 6.20 Å². The molecule has 1 atom stereocenters. The lowest BCUT2D eigenvalue weighted by Crippen LogP contribution is -2.36. The Balaban J connectivity index is 2.22. The van der Waals surface area contributed by atoms with Crippen molar-refractivity contribution >= 4 is 10.0 Å². The zero-order valence-corrected chi connectivity index (χ0v) is 12.7. The predicted molar refractivity (Wildman–Crippen MR) is 74.8 cm³/mol. The summed E-state index contributed by atoms with van der Waals surface area (Å²) in [6.07, 6.45) is 2.18. The van der Waals surface area contributed by atoms with Crippen LogP contribution in [0.2, 0.25) is 0 Å². The van der Waals surface area contributed by atoms with Crippen molar-refractivity contribution in [3.05, 3.63) is 11.8 Å². The molecule has 1 aliphatic rings. The number of aromatic amines is 1. The molecule has 0 aliphatic carbocycles. The summed E-state index contributed by atoms with van der Waals surface area (Å²) in [6, 6.07) is 0. The monoisotopic (exact) mass is 302 g/mol. The maximum absolute atomic E-state index is 12.7. The van der Waals surface area contributed by atoms with E-state index in [4.69, 9.17) is 4.74 Å². The number of aromatic nitrogens is 2. The van der Waals surface area contributed by atoms with Gasteiger partial charge in [0.2, 0.25) is 0 Å². The number of nitrogens with one attached hydrogen (secondary N) is 2. The van der Waals surface area contributed by atoms with Crippen LogP contribution in [0.3, 0.4) is 0 Å². The first-order chi connectivity index (χ1) is 9.55. The van der Waals surface area contributed by atoms with E-state index in [1.807, 2.05) is 13.8 Å². The first-order valence-corrected chi connectivity index (χ1v) is 8.34. The van der Waals surface area contributed by atoms with Crippen molar-refractivity contribution in [1.29, 1.82) is 0 Å². The number of rotatable bonds is 5. The molecule has 0 saturated carbocycles. The lowest BCUT2D eigenvalue weighted by Gasteiger charge is -2.21. The van der Waals surface area contributed by atoms with Gasteiger partial charge in [-0.05, 0) is 19.9 Å². The molecule has 0 radical (unpaired) electrons. The minimum absolute atomic E-state index is 0.0904. The van der Waals surface area contributed by atoms with Crippen LogP contribution in [0.4, 0.5) is 0 Å². The molecule has 2 heterocycles. The summed E-state index contributed by atoms with van der Waals surface area (Å²) in [4.78, 5) is 0. The van der Waals surface area contributed by atoms with Crippen molar-refractivity contribution < 1.29 is 13.2 Å². The van der Waals surface area contributed by atoms with Crippen LogP contribution in [0.25, 0.3) is 0 Å². The number of H-pyrrole nitrogens is 1. The molecule has 1 aromatic rings. The Morgan fingerprint density at radius 3 is 3.15 bits per heavy atom. The Morgan fingerprint density at radius 2 is 2.40 bits per heavy atom. The van der Waals surface area contributed by atoms with E-state index in [9.17, 15) is 8.42 Å². The van der Waals surface area contributed by atoms with Gasteiger partial charge in [-0.15, -0.1) is 0 Å². The summed E-state index contributed by atoms with van der Waals surface area (Å²) in [6.45, 7) is 6.58. The van der Waals surface area contributed by atoms with E-state index in [1.165, 1.54) is 4.31 Å². The van der Waals surface area contributed by atoms with Crippen LogP contribution in [-0.2, 0) is 21.3 Å². The number of sulfonamides is 1. The number of hydrogen-bond donors (Lipinski definition) is 2. The molecule has 1 fully saturated rings. The van der Waals surface area contributed by atoms with Crippen molar-refractivity contribution in [1.82, 2.24) is 19.8 Å². The largest absolute Gasteiger partial charge is 0.377 e. The zero-order valence-electron chi connectivity index (χ0n) is 11.9. The molecule has 1 aliphatic heterocycles. The first-order valence-electron chi connectivity index (χ1n) is 6.90. The van der Waals surface area contributed by atoms with Gasteiger partial charge in [0.15, 0.2) is 5.03 Å². The normalized spacial score (nSPS) is 21.8. The highest BCUT2D eigenvalue weighted by Gasteiger charge is 2.30. The van der Waals surface area contributed by atoms with Gasteiger partial charge in [-0.25, -0.2) is 8.42 Å². The van der Waals surface area contributed by atoms with Crippen LogP contribution in [-0.4, -0.2) is 55.3 Å². The highest BCUT2D eigenvalue weighted by Crippen LogP contribution is 2.20. The van der Waals surface area contributed by atoms with Crippen molar-refractivity contribution in [2.75, 3.05) is 26.2 Å². The van der Waals surface area contributed by atoms with Gasteiger partial charge in [-0.3, -0.25) is 5.10 Å². The molecule has 8 heteroatoms.